The van der Waals surface area contributed by atoms with Crippen molar-refractivity contribution in [3.05, 3.63) is 30.3 Å². The van der Waals surface area contributed by atoms with Crippen molar-refractivity contribution in [2.24, 2.45) is 4.99 Å². The van der Waals surface area contributed by atoms with Crippen molar-refractivity contribution in [1.82, 2.24) is 0 Å². The fraction of sp³-hybridized carbons (Fsp3) is 0.467. The van der Waals surface area contributed by atoms with E-state index in [4.69, 9.17) is 0 Å². The van der Waals surface area contributed by atoms with Crippen LogP contribution in [0.5, 0.6) is 0 Å². The topological polar surface area (TPSA) is 32.7 Å². The van der Waals surface area contributed by atoms with Crippen LogP contribution < -0.4 is 4.90 Å². The Labute approximate surface area is 119 Å². The fourth-order valence-electron chi connectivity index (χ4n) is 2.26. The maximum absolute atomic E-state index is 12.1. The molecule has 0 aliphatic carbocycles. The molecule has 0 spiro atoms. The van der Waals surface area contributed by atoms with E-state index in [9.17, 15) is 4.79 Å². The smallest absolute Gasteiger partial charge is 0.264 e. The molecule has 1 atom stereocenters. The van der Waals surface area contributed by atoms with Gasteiger partial charge in [-0.3, -0.25) is 4.79 Å². The summed E-state index contributed by atoms with van der Waals surface area (Å²) in [5.74, 6) is 0.00345. The summed E-state index contributed by atoms with van der Waals surface area (Å²) in [6, 6.07) is 10.1. The summed E-state index contributed by atoms with van der Waals surface area (Å²) in [5, 5.41) is 0.828. The van der Waals surface area contributed by atoms with Crippen molar-refractivity contribution in [3.63, 3.8) is 0 Å². The monoisotopic (exact) mass is 276 g/mol. The van der Waals surface area contributed by atoms with E-state index in [-0.39, 0.29) is 10.7 Å². The van der Waals surface area contributed by atoms with E-state index in [0.717, 1.165) is 30.2 Å². The van der Waals surface area contributed by atoms with E-state index < -0.39 is 0 Å². The highest BCUT2D eigenvalue weighted by atomic mass is 32.2. The van der Waals surface area contributed by atoms with Gasteiger partial charge in [-0.2, -0.15) is 4.99 Å². The number of amidine groups is 1. The van der Waals surface area contributed by atoms with Crippen molar-refractivity contribution < 1.29 is 4.79 Å². The highest BCUT2D eigenvalue weighted by Gasteiger charge is 2.41. The first-order valence-corrected chi connectivity index (χ1v) is 7.57. The molecule has 1 heterocycles. The van der Waals surface area contributed by atoms with Crippen molar-refractivity contribution in [2.45, 2.75) is 38.4 Å². The van der Waals surface area contributed by atoms with Crippen LogP contribution in [-0.2, 0) is 4.79 Å². The minimum absolute atomic E-state index is 0.00345. The zero-order valence-corrected chi connectivity index (χ0v) is 12.5. The molecule has 1 aliphatic heterocycles. The lowest BCUT2D eigenvalue weighted by molar-refractivity contribution is -0.119. The van der Waals surface area contributed by atoms with Gasteiger partial charge >= 0.3 is 0 Å². The molecule has 1 aliphatic rings. The fourth-order valence-corrected chi connectivity index (χ4v) is 3.58. The van der Waals surface area contributed by atoms with E-state index in [1.54, 1.807) is 11.8 Å². The zero-order chi connectivity index (χ0) is 13.9. The van der Waals surface area contributed by atoms with E-state index >= 15 is 0 Å². The lowest BCUT2D eigenvalue weighted by Crippen LogP contribution is -2.30. The highest BCUT2D eigenvalue weighted by Crippen LogP contribution is 2.39. The van der Waals surface area contributed by atoms with Crippen molar-refractivity contribution in [1.29, 1.82) is 0 Å². The maximum atomic E-state index is 12.1. The first kappa shape index (κ1) is 14.1. The number of aliphatic imine (C=N–C) groups is 1. The molecule has 0 unspecified atom stereocenters. The molecule has 0 fully saturated rings. The second kappa shape index (κ2) is 5.78. The standard InChI is InChI=1S/C15H20N2OS/c1-4-11-15(3)13(18)16-14(19-15)17(5-2)12-9-7-6-8-10-12/h6-10H,4-5,11H2,1-3H3/t15-/m0/s1. The molecule has 1 aromatic rings. The average molecular weight is 276 g/mol. The Morgan fingerprint density at radius 2 is 1.95 bits per heavy atom. The number of thioether (sulfide) groups is 1. The van der Waals surface area contributed by atoms with Gasteiger partial charge in [0.15, 0.2) is 5.17 Å². The van der Waals surface area contributed by atoms with E-state index in [0.29, 0.717) is 0 Å². The van der Waals surface area contributed by atoms with Crippen LogP contribution in [0.4, 0.5) is 5.69 Å². The summed E-state index contributed by atoms with van der Waals surface area (Å²) < 4.78 is -0.383. The highest BCUT2D eigenvalue weighted by molar-refractivity contribution is 8.16. The van der Waals surface area contributed by atoms with Crippen LogP contribution in [0, 0.1) is 0 Å². The Bertz CT molecular complexity index is 486. The van der Waals surface area contributed by atoms with Gasteiger partial charge in [0.05, 0.1) is 0 Å². The van der Waals surface area contributed by atoms with Gasteiger partial charge in [0.25, 0.3) is 5.91 Å². The molecule has 0 saturated heterocycles. The number of anilines is 1. The van der Waals surface area contributed by atoms with Gasteiger partial charge in [-0.1, -0.05) is 43.3 Å². The van der Waals surface area contributed by atoms with E-state index in [2.05, 4.69) is 23.7 Å². The van der Waals surface area contributed by atoms with Gasteiger partial charge in [-0.25, -0.2) is 0 Å². The minimum atomic E-state index is -0.383. The van der Waals surface area contributed by atoms with Crippen LogP contribution in [0.15, 0.2) is 35.3 Å². The number of carbonyl (C=O) groups excluding carboxylic acids is 1. The first-order chi connectivity index (χ1) is 9.10. The Balaban J connectivity index is 2.23. The lowest BCUT2D eigenvalue weighted by Gasteiger charge is -2.24. The van der Waals surface area contributed by atoms with Crippen molar-refractivity contribution in [2.75, 3.05) is 11.4 Å². The summed E-state index contributed by atoms with van der Waals surface area (Å²) in [6.45, 7) is 6.99. The number of nitrogens with zero attached hydrogens (tertiary/aromatic N) is 2. The quantitative estimate of drug-likeness (QED) is 0.840. The van der Waals surface area contributed by atoms with Crippen LogP contribution in [0.25, 0.3) is 0 Å². The van der Waals surface area contributed by atoms with Gasteiger partial charge in [0, 0.05) is 12.2 Å². The van der Waals surface area contributed by atoms with Crippen molar-refractivity contribution >= 4 is 28.5 Å². The second-order valence-corrected chi connectivity index (χ2v) is 6.33. The zero-order valence-electron chi connectivity index (χ0n) is 11.7. The average Bonchev–Trinajstić information content (AvgIpc) is 2.68. The third kappa shape index (κ3) is 2.84. The predicted molar refractivity (Wildman–Crippen MR) is 82.8 cm³/mol. The van der Waals surface area contributed by atoms with Crippen LogP contribution >= 0.6 is 11.8 Å². The number of hydrogen-bond donors (Lipinski definition) is 0. The van der Waals surface area contributed by atoms with Crippen molar-refractivity contribution in [3.8, 4) is 0 Å². The number of amides is 1. The molecule has 0 aromatic heterocycles. The molecule has 2 rings (SSSR count). The molecular weight excluding hydrogens is 256 g/mol. The molecule has 3 nitrogen and oxygen atoms in total. The summed E-state index contributed by atoms with van der Waals surface area (Å²) in [4.78, 5) is 18.5. The molecule has 0 bridgehead atoms. The Kier molecular flexibility index (Phi) is 4.30. The largest absolute Gasteiger partial charge is 0.321 e. The molecule has 1 amide bonds. The van der Waals surface area contributed by atoms with E-state index in [1.807, 2.05) is 37.3 Å². The predicted octanol–water partition coefficient (Wildman–Crippen LogP) is 3.70. The second-order valence-electron chi connectivity index (χ2n) is 4.86. The molecule has 0 radical (unpaired) electrons. The molecule has 102 valence electrons. The third-order valence-electron chi connectivity index (χ3n) is 3.31. The Hall–Kier alpha value is -1.29. The lowest BCUT2D eigenvalue weighted by atomic mass is 10.1. The van der Waals surface area contributed by atoms with Crippen LogP contribution in [0.3, 0.4) is 0 Å². The summed E-state index contributed by atoms with van der Waals surface area (Å²) in [7, 11) is 0. The number of benzene rings is 1. The summed E-state index contributed by atoms with van der Waals surface area (Å²) >= 11 is 1.60. The molecular formula is C15H20N2OS. The molecule has 4 heteroatoms. The van der Waals surface area contributed by atoms with E-state index in [1.165, 1.54) is 0 Å². The number of rotatable bonds is 4. The maximum Gasteiger partial charge on any atom is 0.264 e. The summed E-state index contributed by atoms with van der Waals surface area (Å²) in [6.07, 6.45) is 1.87. The van der Waals surface area contributed by atoms with Gasteiger partial charge in [0.1, 0.15) is 4.75 Å². The normalized spacial score (nSPS) is 22.5. The minimum Gasteiger partial charge on any atom is -0.321 e. The van der Waals surface area contributed by atoms with Gasteiger partial charge in [0.2, 0.25) is 0 Å². The molecule has 0 saturated carbocycles. The van der Waals surface area contributed by atoms with Gasteiger partial charge in [-0.15, -0.1) is 0 Å². The number of hydrogen-bond acceptors (Lipinski definition) is 3. The Morgan fingerprint density at radius 1 is 1.26 bits per heavy atom. The molecule has 0 N–H and O–H groups in total. The number of carbonyl (C=O) groups is 1. The third-order valence-corrected chi connectivity index (χ3v) is 4.63. The van der Waals surface area contributed by atoms with Crippen LogP contribution in [-0.4, -0.2) is 22.4 Å². The van der Waals surface area contributed by atoms with Gasteiger partial charge in [-0.05, 0) is 32.4 Å². The number of para-hydroxylation sites is 1. The van der Waals surface area contributed by atoms with Crippen LogP contribution in [0.2, 0.25) is 0 Å². The first-order valence-electron chi connectivity index (χ1n) is 6.75. The molecule has 19 heavy (non-hydrogen) atoms. The summed E-state index contributed by atoms with van der Waals surface area (Å²) in [5.41, 5.74) is 1.09. The Morgan fingerprint density at radius 3 is 2.53 bits per heavy atom. The van der Waals surface area contributed by atoms with Crippen LogP contribution in [0.1, 0.15) is 33.6 Å². The molecule has 1 aromatic carbocycles. The SMILES string of the molecule is CCC[C@]1(C)SC(N(CC)c2ccccc2)=NC1=O. The van der Waals surface area contributed by atoms with Gasteiger partial charge < -0.3 is 4.90 Å².